The van der Waals surface area contributed by atoms with Crippen molar-refractivity contribution in [3.8, 4) is 45.3 Å². The highest BCUT2D eigenvalue weighted by Gasteiger charge is 2.16. The summed E-state index contributed by atoms with van der Waals surface area (Å²) in [6.07, 6.45) is 0. The molecule has 0 amide bonds. The molecule has 0 unspecified atom stereocenters. The van der Waals surface area contributed by atoms with Gasteiger partial charge in [-0.2, -0.15) is 0 Å². The summed E-state index contributed by atoms with van der Waals surface area (Å²) in [6.45, 7) is 0. The van der Waals surface area contributed by atoms with Crippen molar-refractivity contribution >= 4 is 43.9 Å². The highest BCUT2D eigenvalue weighted by molar-refractivity contribution is 6.07. The summed E-state index contributed by atoms with van der Waals surface area (Å²) < 4.78 is 108. The zero-order chi connectivity index (χ0) is 38.6. The molecule has 0 saturated heterocycles. The summed E-state index contributed by atoms with van der Waals surface area (Å²) >= 11 is 0. The molecular weight excluding hydrogens is 542 g/mol. The maximum Gasteiger partial charge on any atom is 0.164 e. The normalized spacial score (nSPS) is 15.1. The van der Waals surface area contributed by atoms with Gasteiger partial charge in [0.1, 0.15) is 22.3 Å². The molecule has 0 aliphatic heterocycles. The fourth-order valence-electron chi connectivity index (χ4n) is 5.20. The lowest BCUT2D eigenvalue weighted by Gasteiger charge is -2.08. The Morgan fingerprint density at radius 1 is 0.409 bits per heavy atom. The summed E-state index contributed by atoms with van der Waals surface area (Å²) in [7, 11) is 0. The van der Waals surface area contributed by atoms with Crippen LogP contribution in [0.3, 0.4) is 0 Å². The molecule has 6 aromatic carbocycles. The summed E-state index contributed by atoms with van der Waals surface area (Å²) in [4.78, 5) is 14.1. The monoisotopic (exact) mass is 576 g/mol. The first-order valence-electron chi connectivity index (χ1n) is 19.1. The predicted molar refractivity (Wildman–Crippen MR) is 176 cm³/mol. The highest BCUT2D eigenvalue weighted by Crippen LogP contribution is 2.36. The minimum atomic E-state index is -0.685. The van der Waals surface area contributed by atoms with Crippen molar-refractivity contribution in [1.82, 2.24) is 15.0 Å². The number of rotatable bonds is 4. The Bertz CT molecular complexity index is 3100. The van der Waals surface area contributed by atoms with Crippen LogP contribution in [0.1, 0.15) is 15.1 Å². The van der Waals surface area contributed by atoms with Gasteiger partial charge in [0.25, 0.3) is 0 Å². The molecule has 0 radical (unpaired) electrons. The van der Waals surface area contributed by atoms with E-state index < -0.39 is 77.6 Å². The third kappa shape index (κ3) is 4.06. The lowest BCUT2D eigenvalue weighted by Crippen LogP contribution is -2.00. The molecule has 3 heterocycles. The number of fused-ring (bicyclic) bond motifs is 6. The van der Waals surface area contributed by atoms with E-state index in [4.69, 9.17) is 31.1 Å². The lowest BCUT2D eigenvalue weighted by atomic mass is 10.0. The van der Waals surface area contributed by atoms with Crippen LogP contribution in [-0.2, 0) is 0 Å². The summed E-state index contributed by atoms with van der Waals surface area (Å²) in [5, 5.41) is 1.43. The number of benzene rings is 6. The van der Waals surface area contributed by atoms with Crippen molar-refractivity contribution in [2.45, 2.75) is 0 Å². The summed E-state index contributed by atoms with van der Waals surface area (Å²) in [5.74, 6) is 0.312. The molecule has 3 aromatic heterocycles. The van der Waals surface area contributed by atoms with Crippen LogP contribution in [-0.4, -0.2) is 15.0 Å². The van der Waals surface area contributed by atoms with Crippen LogP contribution < -0.4 is 0 Å². The van der Waals surface area contributed by atoms with Crippen LogP contribution in [0, 0.1) is 0 Å². The molecular formula is C39H23N3O2. The van der Waals surface area contributed by atoms with Gasteiger partial charge in [0, 0.05) is 38.2 Å². The van der Waals surface area contributed by atoms with Crippen LogP contribution in [0.25, 0.3) is 89.2 Å². The van der Waals surface area contributed by atoms with E-state index in [0.29, 0.717) is 22.3 Å². The zero-order valence-electron chi connectivity index (χ0n) is 33.6. The first kappa shape index (κ1) is 16.0. The van der Waals surface area contributed by atoms with E-state index in [9.17, 15) is 2.74 Å². The van der Waals surface area contributed by atoms with Crippen LogP contribution >= 0.6 is 0 Å². The molecule has 0 fully saturated rings. The number of furan rings is 2. The Morgan fingerprint density at radius 3 is 1.98 bits per heavy atom. The maximum atomic E-state index is 9.32. The minimum absolute atomic E-state index is 0.113. The van der Waals surface area contributed by atoms with E-state index >= 15 is 0 Å². The fraction of sp³-hybridized carbons (Fsp3) is 0. The Kier molecular flexibility index (Phi) is 3.54. The highest BCUT2D eigenvalue weighted by atomic mass is 16.3. The average molecular weight is 577 g/mol. The van der Waals surface area contributed by atoms with Gasteiger partial charge in [-0.1, -0.05) is 96.9 Å². The molecule has 9 rings (SSSR count). The SMILES string of the molecule is [2H]c1c([2H])c([2H])c(-c2c([2H])c([2H])c3oc4c([2H])c(-c5nc(-c6ccccc6)nc(-c6ccc7c(c6)oc6ccccc67)n5)c([2H])c([2H])c4c3c2[2H])c([2H])c1[2H]. The third-order valence-electron chi connectivity index (χ3n) is 7.29. The van der Waals surface area contributed by atoms with Crippen molar-refractivity contribution in [2.75, 3.05) is 0 Å². The Morgan fingerprint density at radius 2 is 1.11 bits per heavy atom. The second kappa shape index (κ2) is 9.75. The van der Waals surface area contributed by atoms with E-state index in [-0.39, 0.29) is 45.0 Å². The van der Waals surface area contributed by atoms with Gasteiger partial charge in [0.2, 0.25) is 0 Å². The molecule has 0 bridgehead atoms. The van der Waals surface area contributed by atoms with Crippen molar-refractivity contribution in [3.05, 3.63) is 139 Å². The molecule has 0 spiro atoms. The van der Waals surface area contributed by atoms with Crippen molar-refractivity contribution in [3.63, 3.8) is 0 Å². The van der Waals surface area contributed by atoms with Crippen LogP contribution in [0.5, 0.6) is 0 Å². The maximum absolute atomic E-state index is 9.32. The van der Waals surface area contributed by atoms with Gasteiger partial charge in [-0.3, -0.25) is 0 Å². The van der Waals surface area contributed by atoms with E-state index in [1.807, 2.05) is 54.6 Å². The van der Waals surface area contributed by atoms with Crippen molar-refractivity contribution < 1.29 is 23.9 Å². The molecule has 9 aromatic rings. The van der Waals surface area contributed by atoms with Crippen LogP contribution in [0.2, 0.25) is 0 Å². The van der Waals surface area contributed by atoms with E-state index in [1.165, 1.54) is 0 Å². The molecule has 0 aliphatic rings. The number of para-hydroxylation sites is 1. The molecule has 44 heavy (non-hydrogen) atoms. The van der Waals surface area contributed by atoms with Gasteiger partial charge < -0.3 is 8.83 Å². The largest absolute Gasteiger partial charge is 0.456 e. The van der Waals surface area contributed by atoms with Crippen LogP contribution in [0.4, 0.5) is 0 Å². The molecule has 0 aliphatic carbocycles. The molecule has 0 saturated carbocycles. The number of nitrogens with zero attached hydrogens (tertiary/aromatic N) is 3. The average Bonchev–Trinajstić information content (AvgIpc) is 3.79. The molecule has 0 atom stereocenters. The van der Waals surface area contributed by atoms with Gasteiger partial charge in [-0.25, -0.2) is 15.0 Å². The number of hydrogen-bond acceptors (Lipinski definition) is 5. The van der Waals surface area contributed by atoms with Gasteiger partial charge in [0.15, 0.2) is 17.5 Å². The Balaban J connectivity index is 1.31. The molecule has 5 nitrogen and oxygen atoms in total. The minimum Gasteiger partial charge on any atom is -0.456 e. The van der Waals surface area contributed by atoms with E-state index in [1.54, 1.807) is 18.2 Å². The zero-order valence-corrected chi connectivity index (χ0v) is 22.6. The Labute approximate surface area is 267 Å². The van der Waals surface area contributed by atoms with Gasteiger partial charge in [0.05, 0.1) is 15.1 Å². The van der Waals surface area contributed by atoms with Crippen molar-refractivity contribution in [1.29, 1.82) is 0 Å². The molecule has 0 N–H and O–H groups in total. The lowest BCUT2D eigenvalue weighted by molar-refractivity contribution is 0.668. The molecule has 206 valence electrons. The summed E-state index contributed by atoms with van der Waals surface area (Å²) in [5.41, 5.74) is 0.785. The Hall–Kier alpha value is -6.07. The smallest absolute Gasteiger partial charge is 0.164 e. The first-order chi connectivity index (χ1) is 26.4. The molecule has 5 heteroatoms. The van der Waals surface area contributed by atoms with Crippen LogP contribution in [0.15, 0.2) is 148 Å². The third-order valence-corrected chi connectivity index (χ3v) is 7.29. The number of hydrogen-bond donors (Lipinski definition) is 0. The predicted octanol–water partition coefficient (Wildman–Crippen LogP) is 10.3. The standard InChI is InChI=1S/C39H23N3O2/c1-3-9-24(10-4-1)26-17-20-34-32(21-26)31-19-16-28(23-36(31)44-34)39-41-37(25-11-5-2-6-12-25)40-38(42-39)27-15-18-30-29-13-7-8-14-33(29)43-35(30)22-27/h1-23H/i1D,3D,4D,9D,10D,16D,17D,19D,20D,21D,23D. The fourth-order valence-corrected chi connectivity index (χ4v) is 5.20. The quantitative estimate of drug-likeness (QED) is 0.209. The van der Waals surface area contributed by atoms with E-state index in [0.717, 1.165) is 10.8 Å². The van der Waals surface area contributed by atoms with Gasteiger partial charge in [-0.05, 0) is 53.5 Å². The number of aromatic nitrogens is 3. The topological polar surface area (TPSA) is 65.0 Å². The van der Waals surface area contributed by atoms with Gasteiger partial charge >= 0.3 is 0 Å². The van der Waals surface area contributed by atoms with Crippen molar-refractivity contribution in [2.24, 2.45) is 0 Å². The second-order valence-electron chi connectivity index (χ2n) is 9.99. The second-order valence-corrected chi connectivity index (χ2v) is 9.99. The van der Waals surface area contributed by atoms with E-state index in [2.05, 4.69) is 4.98 Å². The first-order valence-corrected chi connectivity index (χ1v) is 13.6. The summed E-state index contributed by atoms with van der Waals surface area (Å²) in [6, 6.07) is 15.6. The van der Waals surface area contributed by atoms with Gasteiger partial charge in [-0.15, -0.1) is 0 Å².